The number of piperidine rings is 1. The minimum absolute atomic E-state index is 0.0546. The molecule has 26 heavy (non-hydrogen) atoms. The van der Waals surface area contributed by atoms with E-state index in [1.54, 1.807) is 11.0 Å². The molecule has 0 spiro atoms. The summed E-state index contributed by atoms with van der Waals surface area (Å²) in [6.45, 7) is 3.01. The first kappa shape index (κ1) is 17.3. The molecule has 1 unspecified atom stereocenters. The number of carbonyl (C=O) groups is 2. The first-order valence-corrected chi connectivity index (χ1v) is 9.68. The number of aromatic amines is 1. The number of aryl methyl sites for hydroxylation is 2. The highest BCUT2D eigenvalue weighted by Crippen LogP contribution is 2.21. The van der Waals surface area contributed by atoms with Crippen LogP contribution in [0.3, 0.4) is 0 Å². The summed E-state index contributed by atoms with van der Waals surface area (Å²) in [5, 5.41) is 3.08. The summed E-state index contributed by atoms with van der Waals surface area (Å²) in [5.41, 5.74) is 2.06. The van der Waals surface area contributed by atoms with Gasteiger partial charge in [-0.15, -0.1) is 0 Å². The Morgan fingerprint density at radius 2 is 1.96 bits per heavy atom. The average molecular weight is 358 g/mol. The van der Waals surface area contributed by atoms with Gasteiger partial charge in [-0.2, -0.15) is 0 Å². The highest BCUT2D eigenvalue weighted by molar-refractivity contribution is 5.94. The molecule has 0 aromatic carbocycles. The van der Waals surface area contributed by atoms with Crippen LogP contribution in [0.15, 0.2) is 10.9 Å². The fourth-order valence-electron chi connectivity index (χ4n) is 4.40. The van der Waals surface area contributed by atoms with Crippen LogP contribution in [0.5, 0.6) is 0 Å². The van der Waals surface area contributed by atoms with Crippen LogP contribution in [0, 0.1) is 0 Å². The van der Waals surface area contributed by atoms with Gasteiger partial charge < -0.3 is 20.1 Å². The first-order valence-electron chi connectivity index (χ1n) is 9.68. The molecule has 3 heterocycles. The predicted octanol–water partition coefficient (Wildman–Crippen LogP) is 0.290. The van der Waals surface area contributed by atoms with Crippen LogP contribution < -0.4 is 10.9 Å². The van der Waals surface area contributed by atoms with Gasteiger partial charge in [-0.1, -0.05) is 0 Å². The number of amides is 2. The molecule has 3 aliphatic rings. The third-order valence-corrected chi connectivity index (χ3v) is 5.82. The second-order valence-corrected chi connectivity index (χ2v) is 7.53. The summed E-state index contributed by atoms with van der Waals surface area (Å²) in [5.74, 6) is -0.103. The Labute approximate surface area is 152 Å². The number of rotatable bonds is 2. The molecule has 0 bridgehead atoms. The quantitative estimate of drug-likeness (QED) is 0.796. The molecule has 4 rings (SSSR count). The molecule has 0 radical (unpaired) electrons. The monoisotopic (exact) mass is 358 g/mol. The number of pyridine rings is 1. The van der Waals surface area contributed by atoms with Crippen LogP contribution in [-0.2, 0) is 17.6 Å². The molecule has 7 nitrogen and oxygen atoms in total. The maximum Gasteiger partial charge on any atom is 0.261 e. The Morgan fingerprint density at radius 1 is 1.12 bits per heavy atom. The van der Waals surface area contributed by atoms with Gasteiger partial charge in [0, 0.05) is 37.9 Å². The third kappa shape index (κ3) is 3.28. The van der Waals surface area contributed by atoms with Gasteiger partial charge in [0.25, 0.3) is 11.5 Å². The lowest BCUT2D eigenvalue weighted by Gasteiger charge is -2.41. The number of carbonyl (C=O) groups excluding carboxylic acids is 2. The average Bonchev–Trinajstić information content (AvgIpc) is 2.67. The number of hydrogen-bond donors (Lipinski definition) is 2. The smallest absolute Gasteiger partial charge is 0.261 e. The lowest BCUT2D eigenvalue weighted by Crippen LogP contribution is -2.57. The van der Waals surface area contributed by atoms with Gasteiger partial charge in [0.2, 0.25) is 5.91 Å². The fraction of sp³-hybridized carbons (Fsp3) is 0.632. The Hall–Kier alpha value is -2.15. The lowest BCUT2D eigenvalue weighted by molar-refractivity contribution is -0.135. The number of H-pyrrole nitrogens is 1. The van der Waals surface area contributed by atoms with Crippen molar-refractivity contribution < 1.29 is 9.59 Å². The van der Waals surface area contributed by atoms with E-state index in [0.29, 0.717) is 26.2 Å². The zero-order chi connectivity index (χ0) is 18.1. The Balaban J connectivity index is 1.52. The van der Waals surface area contributed by atoms with E-state index in [9.17, 15) is 14.4 Å². The highest BCUT2D eigenvalue weighted by atomic mass is 16.2. The molecule has 2 amide bonds. The van der Waals surface area contributed by atoms with Crippen LogP contribution in [-0.4, -0.2) is 65.4 Å². The Morgan fingerprint density at radius 3 is 2.81 bits per heavy atom. The van der Waals surface area contributed by atoms with Gasteiger partial charge >= 0.3 is 0 Å². The third-order valence-electron chi connectivity index (χ3n) is 5.82. The number of likely N-dealkylation sites (tertiary alicyclic amines) is 1. The zero-order valence-electron chi connectivity index (χ0n) is 15.1. The molecule has 1 aromatic heterocycles. The summed E-state index contributed by atoms with van der Waals surface area (Å²) in [4.78, 5) is 44.2. The standard InChI is InChI=1S/C19H26N4O3/c24-17-11-20-7-9-23(17)14-5-3-8-22(12-14)19(26)15-10-13-4-1-2-6-16(13)21-18(15)25/h10,14,20H,1-9,11-12H2,(H,21,25). The second kappa shape index (κ2) is 7.23. The molecular formula is C19H26N4O3. The van der Waals surface area contributed by atoms with Crippen LogP contribution in [0.25, 0.3) is 0 Å². The van der Waals surface area contributed by atoms with Gasteiger partial charge in [-0.25, -0.2) is 0 Å². The molecule has 2 fully saturated rings. The fourth-order valence-corrected chi connectivity index (χ4v) is 4.40. The van der Waals surface area contributed by atoms with Crippen molar-refractivity contribution in [3.8, 4) is 0 Å². The van der Waals surface area contributed by atoms with E-state index >= 15 is 0 Å². The van der Waals surface area contributed by atoms with Crippen molar-refractivity contribution in [1.29, 1.82) is 0 Å². The van der Waals surface area contributed by atoms with E-state index < -0.39 is 0 Å². The van der Waals surface area contributed by atoms with E-state index in [1.165, 1.54) is 0 Å². The molecule has 2 saturated heterocycles. The Bertz CT molecular complexity index is 773. The predicted molar refractivity (Wildman–Crippen MR) is 97.2 cm³/mol. The van der Waals surface area contributed by atoms with Crippen molar-refractivity contribution in [2.75, 3.05) is 32.7 Å². The number of hydrogen-bond acceptors (Lipinski definition) is 4. The van der Waals surface area contributed by atoms with E-state index in [4.69, 9.17) is 0 Å². The van der Waals surface area contributed by atoms with Gasteiger partial charge in [0.05, 0.1) is 6.54 Å². The summed E-state index contributed by atoms with van der Waals surface area (Å²) >= 11 is 0. The maximum atomic E-state index is 13.0. The van der Waals surface area contributed by atoms with Gasteiger partial charge in [-0.3, -0.25) is 14.4 Å². The van der Waals surface area contributed by atoms with Crippen LogP contribution in [0.4, 0.5) is 0 Å². The number of nitrogens with zero attached hydrogens (tertiary/aromatic N) is 2. The van der Waals surface area contributed by atoms with E-state index in [0.717, 1.165) is 56.3 Å². The normalized spacial score (nSPS) is 23.7. The minimum atomic E-state index is -0.281. The van der Waals surface area contributed by atoms with Crippen LogP contribution >= 0.6 is 0 Å². The van der Waals surface area contributed by atoms with Gasteiger partial charge in [0.1, 0.15) is 5.56 Å². The number of piperazine rings is 1. The topological polar surface area (TPSA) is 85.5 Å². The van der Waals surface area contributed by atoms with Crippen LogP contribution in [0.2, 0.25) is 0 Å². The van der Waals surface area contributed by atoms with Crippen molar-refractivity contribution >= 4 is 11.8 Å². The molecule has 1 aromatic rings. The number of nitrogens with one attached hydrogen (secondary N) is 2. The highest BCUT2D eigenvalue weighted by Gasteiger charge is 2.32. The molecule has 1 atom stereocenters. The molecule has 2 N–H and O–H groups in total. The van der Waals surface area contributed by atoms with Crippen LogP contribution in [0.1, 0.15) is 47.3 Å². The van der Waals surface area contributed by atoms with Crippen molar-refractivity contribution in [3.05, 3.63) is 33.2 Å². The number of fused-ring (bicyclic) bond motifs is 1. The Kier molecular flexibility index (Phi) is 4.80. The van der Waals surface area contributed by atoms with E-state index in [2.05, 4.69) is 10.3 Å². The lowest BCUT2D eigenvalue weighted by atomic mass is 9.94. The summed E-state index contributed by atoms with van der Waals surface area (Å²) < 4.78 is 0. The molecule has 140 valence electrons. The van der Waals surface area contributed by atoms with Crippen molar-refractivity contribution in [2.45, 2.75) is 44.6 Å². The zero-order valence-corrected chi connectivity index (χ0v) is 15.1. The SMILES string of the molecule is O=C(c1cc2c([nH]c1=O)CCCC2)N1CCCC(N2CCNCC2=O)C1. The van der Waals surface area contributed by atoms with Crippen molar-refractivity contribution in [3.63, 3.8) is 0 Å². The largest absolute Gasteiger partial charge is 0.336 e. The van der Waals surface area contributed by atoms with E-state index in [1.807, 2.05) is 4.90 Å². The minimum Gasteiger partial charge on any atom is -0.336 e. The van der Waals surface area contributed by atoms with Crippen molar-refractivity contribution in [1.82, 2.24) is 20.1 Å². The molecule has 1 aliphatic carbocycles. The number of aromatic nitrogens is 1. The summed E-state index contributed by atoms with van der Waals surface area (Å²) in [6, 6.07) is 1.86. The molecule has 2 aliphatic heterocycles. The van der Waals surface area contributed by atoms with Gasteiger partial charge in [-0.05, 0) is 50.2 Å². The molecule has 7 heteroatoms. The maximum absolute atomic E-state index is 13.0. The van der Waals surface area contributed by atoms with Gasteiger partial charge in [0.15, 0.2) is 0 Å². The first-order chi connectivity index (χ1) is 12.6. The van der Waals surface area contributed by atoms with Crippen molar-refractivity contribution in [2.24, 2.45) is 0 Å². The second-order valence-electron chi connectivity index (χ2n) is 7.53. The summed E-state index contributed by atoms with van der Waals surface area (Å²) in [6.07, 6.45) is 5.76. The summed E-state index contributed by atoms with van der Waals surface area (Å²) in [7, 11) is 0. The molecular weight excluding hydrogens is 332 g/mol. The molecule has 0 saturated carbocycles. The van der Waals surface area contributed by atoms with E-state index in [-0.39, 0.29) is 29.0 Å².